The molecule has 0 saturated carbocycles. The average molecular weight is 191 g/mol. The molecule has 0 radical (unpaired) electrons. The van der Waals surface area contributed by atoms with Gasteiger partial charge in [0, 0.05) is 12.6 Å². The Bertz CT molecular complexity index is 391. The van der Waals surface area contributed by atoms with Gasteiger partial charge in [-0.05, 0) is 6.92 Å². The molecule has 0 bridgehead atoms. The molecular weight excluding hydrogens is 182 g/mol. The average Bonchev–Trinajstić information content (AvgIpc) is 2.64. The molecule has 0 aromatic carbocycles. The van der Waals surface area contributed by atoms with Gasteiger partial charge in [-0.1, -0.05) is 0 Å². The number of nitrogens with zero attached hydrogens (tertiary/aromatic N) is 3. The summed E-state index contributed by atoms with van der Waals surface area (Å²) >= 11 is 0. The number of carbonyl (C=O) groups is 1. The molecule has 2 aliphatic heterocycles. The van der Waals surface area contributed by atoms with Crippen LogP contribution in [0, 0.1) is 0 Å². The fraction of sp³-hybridized carbons (Fsp3) is 0.333. The first kappa shape index (κ1) is 8.80. The molecule has 0 aromatic heterocycles. The van der Waals surface area contributed by atoms with Gasteiger partial charge in [0.25, 0.3) is 0 Å². The Kier molecular flexibility index (Phi) is 2.22. The fourth-order valence-corrected chi connectivity index (χ4v) is 1.23. The summed E-state index contributed by atoms with van der Waals surface area (Å²) in [5.74, 6) is -0.329. The fourth-order valence-electron chi connectivity index (χ4n) is 1.23. The van der Waals surface area contributed by atoms with E-state index in [2.05, 4.69) is 15.2 Å². The molecule has 0 fully saturated rings. The van der Waals surface area contributed by atoms with Gasteiger partial charge in [-0.15, -0.1) is 0 Å². The first-order valence-electron chi connectivity index (χ1n) is 4.35. The van der Waals surface area contributed by atoms with Gasteiger partial charge in [-0.3, -0.25) is 4.99 Å². The van der Waals surface area contributed by atoms with Crippen LogP contribution in [0.25, 0.3) is 0 Å². The Morgan fingerprint density at radius 2 is 2.50 bits per heavy atom. The van der Waals surface area contributed by atoms with Crippen molar-refractivity contribution in [3.8, 4) is 0 Å². The van der Waals surface area contributed by atoms with Crippen LogP contribution in [-0.4, -0.2) is 30.2 Å². The Hall–Kier alpha value is -1.78. The molecule has 5 nitrogen and oxygen atoms in total. The molecule has 2 heterocycles. The van der Waals surface area contributed by atoms with Crippen molar-refractivity contribution in [2.45, 2.75) is 13.3 Å². The van der Waals surface area contributed by atoms with E-state index in [1.165, 1.54) is 6.20 Å². The van der Waals surface area contributed by atoms with E-state index >= 15 is 0 Å². The van der Waals surface area contributed by atoms with Crippen LogP contribution >= 0.6 is 0 Å². The van der Waals surface area contributed by atoms with E-state index in [-0.39, 0.29) is 5.97 Å². The molecule has 72 valence electrons. The standard InChI is InChI=1S/C9H9N3O2/c1-2-14-9(13)6-3-7-8(10-4-6)5-11-12-7/h4-5H,2-3H2,1H3. The summed E-state index contributed by atoms with van der Waals surface area (Å²) < 4.78 is 4.86. The molecule has 0 unspecified atom stereocenters. The van der Waals surface area contributed by atoms with Gasteiger partial charge in [-0.2, -0.15) is 10.2 Å². The summed E-state index contributed by atoms with van der Waals surface area (Å²) in [4.78, 5) is 15.4. The van der Waals surface area contributed by atoms with Crippen molar-refractivity contribution < 1.29 is 9.53 Å². The lowest BCUT2D eigenvalue weighted by atomic mass is 10.0. The number of hydrogen-bond acceptors (Lipinski definition) is 5. The summed E-state index contributed by atoms with van der Waals surface area (Å²) in [5.41, 5.74) is 1.99. The molecule has 0 amide bonds. The minimum absolute atomic E-state index is 0.329. The number of ether oxygens (including phenoxy) is 1. The van der Waals surface area contributed by atoms with Crippen LogP contribution in [-0.2, 0) is 9.53 Å². The maximum atomic E-state index is 11.3. The molecular formula is C9H9N3O2. The van der Waals surface area contributed by atoms with Gasteiger partial charge >= 0.3 is 5.97 Å². The lowest BCUT2D eigenvalue weighted by Crippen LogP contribution is -2.20. The number of hydrogen-bond donors (Lipinski definition) is 0. The zero-order chi connectivity index (χ0) is 9.97. The van der Waals surface area contributed by atoms with Crippen molar-refractivity contribution in [1.29, 1.82) is 0 Å². The van der Waals surface area contributed by atoms with E-state index in [1.54, 1.807) is 13.1 Å². The molecule has 2 aliphatic rings. The Labute approximate surface area is 80.9 Å². The Morgan fingerprint density at radius 1 is 1.64 bits per heavy atom. The first-order valence-corrected chi connectivity index (χ1v) is 4.35. The van der Waals surface area contributed by atoms with E-state index in [9.17, 15) is 4.79 Å². The highest BCUT2D eigenvalue weighted by molar-refractivity contribution is 6.65. The topological polar surface area (TPSA) is 63.4 Å². The molecule has 0 spiro atoms. The lowest BCUT2D eigenvalue weighted by Gasteiger charge is -2.09. The molecule has 0 atom stereocenters. The number of aliphatic imine (C=N–C) groups is 1. The highest BCUT2D eigenvalue weighted by atomic mass is 16.5. The zero-order valence-corrected chi connectivity index (χ0v) is 7.73. The van der Waals surface area contributed by atoms with E-state index in [0.29, 0.717) is 18.6 Å². The second kappa shape index (κ2) is 3.53. The number of esters is 1. The van der Waals surface area contributed by atoms with Gasteiger partial charge in [0.15, 0.2) is 0 Å². The third kappa shape index (κ3) is 1.48. The van der Waals surface area contributed by atoms with Crippen molar-refractivity contribution in [2.75, 3.05) is 6.61 Å². The van der Waals surface area contributed by atoms with Gasteiger partial charge in [0.05, 0.1) is 24.1 Å². The normalized spacial score (nSPS) is 18.2. The van der Waals surface area contributed by atoms with E-state index in [0.717, 1.165) is 11.4 Å². The maximum Gasteiger partial charge on any atom is 0.335 e. The third-order valence-electron chi connectivity index (χ3n) is 1.91. The summed E-state index contributed by atoms with van der Waals surface area (Å²) in [6, 6.07) is 0. The maximum absolute atomic E-state index is 11.3. The Balaban J connectivity index is 2.15. The first-order chi connectivity index (χ1) is 6.81. The van der Waals surface area contributed by atoms with E-state index < -0.39 is 0 Å². The minimum Gasteiger partial charge on any atom is -0.463 e. The quantitative estimate of drug-likeness (QED) is 0.603. The molecule has 14 heavy (non-hydrogen) atoms. The molecule has 5 heteroatoms. The van der Waals surface area contributed by atoms with Crippen molar-refractivity contribution in [2.24, 2.45) is 15.2 Å². The highest BCUT2D eigenvalue weighted by Gasteiger charge is 2.22. The van der Waals surface area contributed by atoms with Crippen LogP contribution in [0.5, 0.6) is 0 Å². The summed E-state index contributed by atoms with van der Waals surface area (Å²) in [6.45, 7) is 2.14. The van der Waals surface area contributed by atoms with Crippen LogP contribution in [0.3, 0.4) is 0 Å². The molecule has 0 N–H and O–H groups in total. The van der Waals surface area contributed by atoms with Crippen molar-refractivity contribution in [3.05, 3.63) is 11.8 Å². The van der Waals surface area contributed by atoms with Crippen LogP contribution in [0.15, 0.2) is 27.0 Å². The Morgan fingerprint density at radius 3 is 3.29 bits per heavy atom. The van der Waals surface area contributed by atoms with Crippen molar-refractivity contribution in [3.63, 3.8) is 0 Å². The van der Waals surface area contributed by atoms with Crippen molar-refractivity contribution >= 4 is 23.6 Å². The SMILES string of the molecule is CCOC(=O)C1=CN=C2C=NN=C2C1. The minimum atomic E-state index is -0.329. The van der Waals surface area contributed by atoms with Crippen LogP contribution in [0.4, 0.5) is 0 Å². The van der Waals surface area contributed by atoms with Gasteiger partial charge in [0.2, 0.25) is 0 Å². The molecule has 0 saturated heterocycles. The summed E-state index contributed by atoms with van der Waals surface area (Å²) in [7, 11) is 0. The summed E-state index contributed by atoms with van der Waals surface area (Å²) in [6.07, 6.45) is 3.55. The number of carbonyl (C=O) groups excluding carboxylic acids is 1. The predicted molar refractivity (Wildman–Crippen MR) is 52.7 cm³/mol. The monoisotopic (exact) mass is 191 g/mol. The number of rotatable bonds is 2. The second-order valence-electron chi connectivity index (χ2n) is 2.86. The van der Waals surface area contributed by atoms with E-state index in [4.69, 9.17) is 4.74 Å². The largest absolute Gasteiger partial charge is 0.463 e. The number of fused-ring (bicyclic) bond motifs is 1. The summed E-state index contributed by atoms with van der Waals surface area (Å²) in [5, 5.41) is 7.57. The third-order valence-corrected chi connectivity index (χ3v) is 1.91. The zero-order valence-electron chi connectivity index (χ0n) is 7.73. The molecule has 0 aromatic rings. The van der Waals surface area contributed by atoms with Crippen molar-refractivity contribution in [1.82, 2.24) is 0 Å². The van der Waals surface area contributed by atoms with Gasteiger partial charge < -0.3 is 4.74 Å². The second-order valence-corrected chi connectivity index (χ2v) is 2.86. The van der Waals surface area contributed by atoms with Gasteiger partial charge in [-0.25, -0.2) is 4.79 Å². The molecule has 2 rings (SSSR count). The molecule has 0 aliphatic carbocycles. The van der Waals surface area contributed by atoms with Gasteiger partial charge in [0.1, 0.15) is 5.71 Å². The smallest absolute Gasteiger partial charge is 0.335 e. The highest BCUT2D eigenvalue weighted by Crippen LogP contribution is 2.14. The van der Waals surface area contributed by atoms with Crippen LogP contribution < -0.4 is 0 Å². The van der Waals surface area contributed by atoms with Crippen LogP contribution in [0.2, 0.25) is 0 Å². The lowest BCUT2D eigenvalue weighted by molar-refractivity contribution is -0.138. The van der Waals surface area contributed by atoms with Crippen LogP contribution in [0.1, 0.15) is 13.3 Å². The van der Waals surface area contributed by atoms with E-state index in [1.807, 2.05) is 0 Å². The predicted octanol–water partition coefficient (Wildman–Crippen LogP) is 0.719.